The lowest BCUT2D eigenvalue weighted by Gasteiger charge is -2.16. The van der Waals surface area contributed by atoms with Gasteiger partial charge in [-0.2, -0.15) is 0 Å². The Kier molecular flexibility index (Phi) is 6.09. The highest BCUT2D eigenvalue weighted by atomic mass is 79.9. The third-order valence-electron chi connectivity index (χ3n) is 2.52. The molecular weight excluding hydrogens is 287 g/mol. The number of ether oxygens (including phenoxy) is 1. The van der Waals surface area contributed by atoms with Crippen molar-refractivity contribution in [3.05, 3.63) is 34.1 Å². The molecule has 0 radical (unpaired) electrons. The topological polar surface area (TPSA) is 29.5 Å². The maximum atomic E-state index is 13.1. The first kappa shape index (κ1) is 14.6. The number of hydrogen-bond acceptors (Lipinski definition) is 2. The van der Waals surface area contributed by atoms with Gasteiger partial charge < -0.3 is 9.84 Å². The molecule has 2 unspecified atom stereocenters. The molecule has 0 amide bonds. The van der Waals surface area contributed by atoms with E-state index in [1.807, 2.05) is 13.0 Å². The first-order chi connectivity index (χ1) is 8.01. The van der Waals surface area contributed by atoms with Crippen LogP contribution in [0.25, 0.3) is 0 Å². The lowest BCUT2D eigenvalue weighted by molar-refractivity contribution is 0.102. The molecule has 1 N–H and O–H groups in total. The van der Waals surface area contributed by atoms with Gasteiger partial charge in [0.05, 0.1) is 6.10 Å². The summed E-state index contributed by atoms with van der Waals surface area (Å²) in [5.74, 6) is 0.0125. The molecule has 0 saturated heterocycles. The molecule has 96 valence electrons. The molecule has 4 heteroatoms. The van der Waals surface area contributed by atoms with Crippen LogP contribution in [0, 0.1) is 11.7 Å². The normalized spacial score (nSPS) is 14.6. The van der Waals surface area contributed by atoms with E-state index in [1.165, 1.54) is 12.1 Å². The molecule has 0 aromatic heterocycles. The van der Waals surface area contributed by atoms with E-state index in [0.29, 0.717) is 29.8 Å². The molecule has 0 aliphatic rings. The highest BCUT2D eigenvalue weighted by Gasteiger charge is 2.12. The first-order valence-electron chi connectivity index (χ1n) is 5.63. The van der Waals surface area contributed by atoms with Crippen molar-refractivity contribution in [1.29, 1.82) is 0 Å². The van der Waals surface area contributed by atoms with Crippen molar-refractivity contribution in [3.63, 3.8) is 0 Å². The van der Waals surface area contributed by atoms with Crippen LogP contribution in [0.4, 0.5) is 4.39 Å². The lowest BCUT2D eigenvalue weighted by atomic mass is 9.99. The van der Waals surface area contributed by atoms with E-state index in [1.54, 1.807) is 7.11 Å². The highest BCUT2D eigenvalue weighted by molar-refractivity contribution is 9.10. The molecule has 1 aromatic rings. The highest BCUT2D eigenvalue weighted by Crippen LogP contribution is 2.18. The first-order valence-corrected chi connectivity index (χ1v) is 6.42. The maximum absolute atomic E-state index is 13.1. The molecule has 0 saturated carbocycles. The van der Waals surface area contributed by atoms with Gasteiger partial charge in [-0.15, -0.1) is 0 Å². The monoisotopic (exact) mass is 304 g/mol. The summed E-state index contributed by atoms with van der Waals surface area (Å²) in [7, 11) is 1.65. The zero-order valence-electron chi connectivity index (χ0n) is 10.1. The van der Waals surface area contributed by atoms with Crippen LogP contribution in [-0.2, 0) is 11.2 Å². The molecule has 0 fully saturated rings. The molecule has 0 bridgehead atoms. The molecule has 0 aliphatic carbocycles. The zero-order chi connectivity index (χ0) is 12.8. The molecule has 0 heterocycles. The van der Waals surface area contributed by atoms with E-state index in [4.69, 9.17) is 4.74 Å². The van der Waals surface area contributed by atoms with Crippen molar-refractivity contribution < 1.29 is 14.2 Å². The summed E-state index contributed by atoms with van der Waals surface area (Å²) >= 11 is 3.24. The van der Waals surface area contributed by atoms with E-state index >= 15 is 0 Å². The average Bonchev–Trinajstić information content (AvgIpc) is 2.14. The fourth-order valence-corrected chi connectivity index (χ4v) is 2.41. The van der Waals surface area contributed by atoms with Crippen molar-refractivity contribution >= 4 is 15.9 Å². The van der Waals surface area contributed by atoms with Crippen molar-refractivity contribution in [2.24, 2.45) is 5.92 Å². The summed E-state index contributed by atoms with van der Waals surface area (Å²) in [6.07, 6.45) is 0.653. The van der Waals surface area contributed by atoms with Crippen LogP contribution < -0.4 is 0 Å². The number of halogens is 2. The van der Waals surface area contributed by atoms with Crippen molar-refractivity contribution in [3.8, 4) is 0 Å². The second-order valence-electron chi connectivity index (χ2n) is 4.43. The predicted molar refractivity (Wildman–Crippen MR) is 69.5 cm³/mol. The van der Waals surface area contributed by atoms with Crippen molar-refractivity contribution in [2.75, 3.05) is 13.7 Å². The Labute approximate surface area is 110 Å². The lowest BCUT2D eigenvalue weighted by Crippen LogP contribution is -2.17. The summed E-state index contributed by atoms with van der Waals surface area (Å²) in [4.78, 5) is 0. The second-order valence-corrected chi connectivity index (χ2v) is 5.35. The van der Waals surface area contributed by atoms with Gasteiger partial charge in [-0.1, -0.05) is 22.9 Å². The van der Waals surface area contributed by atoms with Gasteiger partial charge in [0.15, 0.2) is 0 Å². The summed E-state index contributed by atoms with van der Waals surface area (Å²) in [5, 5.41) is 9.89. The number of hydrogen-bond donors (Lipinski definition) is 1. The molecule has 2 atom stereocenters. The largest absolute Gasteiger partial charge is 0.393 e. The minimum Gasteiger partial charge on any atom is -0.393 e. The molecule has 0 aliphatic heterocycles. The van der Waals surface area contributed by atoms with E-state index in [-0.39, 0.29) is 5.82 Å². The van der Waals surface area contributed by atoms with Crippen LogP contribution in [-0.4, -0.2) is 24.9 Å². The zero-order valence-corrected chi connectivity index (χ0v) is 11.7. The minimum absolute atomic E-state index is 0.286. The Morgan fingerprint density at radius 3 is 2.71 bits per heavy atom. The molecule has 17 heavy (non-hydrogen) atoms. The van der Waals surface area contributed by atoms with E-state index in [2.05, 4.69) is 15.9 Å². The molecular formula is C13H18BrFO2. The number of aliphatic hydroxyl groups excluding tert-OH is 1. The van der Waals surface area contributed by atoms with Gasteiger partial charge >= 0.3 is 0 Å². The van der Waals surface area contributed by atoms with E-state index in [9.17, 15) is 9.50 Å². The fourth-order valence-electron chi connectivity index (χ4n) is 1.90. The van der Waals surface area contributed by atoms with Gasteiger partial charge in [0.25, 0.3) is 0 Å². The van der Waals surface area contributed by atoms with Crippen LogP contribution in [0.1, 0.15) is 18.9 Å². The van der Waals surface area contributed by atoms with Crippen LogP contribution in [0.5, 0.6) is 0 Å². The van der Waals surface area contributed by atoms with Gasteiger partial charge in [-0.3, -0.25) is 0 Å². The third-order valence-corrected chi connectivity index (χ3v) is 2.98. The van der Waals surface area contributed by atoms with Crippen LogP contribution >= 0.6 is 15.9 Å². The Morgan fingerprint density at radius 1 is 1.41 bits per heavy atom. The quantitative estimate of drug-likeness (QED) is 0.875. The molecule has 1 rings (SSSR count). The van der Waals surface area contributed by atoms with Gasteiger partial charge in [-0.05, 0) is 42.5 Å². The van der Waals surface area contributed by atoms with Gasteiger partial charge in [0, 0.05) is 18.2 Å². The second kappa shape index (κ2) is 7.09. The molecule has 2 nitrogen and oxygen atoms in total. The Balaban J connectivity index is 2.52. The summed E-state index contributed by atoms with van der Waals surface area (Å²) in [6.45, 7) is 2.65. The maximum Gasteiger partial charge on any atom is 0.124 e. The van der Waals surface area contributed by atoms with Crippen molar-refractivity contribution in [1.82, 2.24) is 0 Å². The molecule has 1 aromatic carbocycles. The Hall–Kier alpha value is -0.450. The number of benzene rings is 1. The Morgan fingerprint density at radius 2 is 2.12 bits per heavy atom. The number of rotatable bonds is 6. The minimum atomic E-state index is -0.464. The molecule has 0 spiro atoms. The van der Waals surface area contributed by atoms with Crippen LogP contribution in [0.3, 0.4) is 0 Å². The number of aliphatic hydroxyl groups is 1. The number of methoxy groups -OCH3 is 1. The standard InChI is InChI=1S/C13H18BrFO2/c1-9(8-17-2)3-13(16)6-10-4-11(14)7-12(15)5-10/h4-5,7,9,13,16H,3,6,8H2,1-2H3. The van der Waals surface area contributed by atoms with Gasteiger partial charge in [0.2, 0.25) is 0 Å². The predicted octanol–water partition coefficient (Wildman–Crippen LogP) is 3.16. The summed E-state index contributed by atoms with van der Waals surface area (Å²) < 4.78 is 18.8. The van der Waals surface area contributed by atoms with Crippen LogP contribution in [0.2, 0.25) is 0 Å². The SMILES string of the molecule is COCC(C)CC(O)Cc1cc(F)cc(Br)c1. The Bertz CT molecular complexity index is 337. The average molecular weight is 305 g/mol. The van der Waals surface area contributed by atoms with Gasteiger partial charge in [0.1, 0.15) is 5.82 Å². The van der Waals surface area contributed by atoms with Gasteiger partial charge in [-0.25, -0.2) is 4.39 Å². The van der Waals surface area contributed by atoms with E-state index in [0.717, 1.165) is 5.56 Å². The fraction of sp³-hybridized carbons (Fsp3) is 0.538. The summed E-state index contributed by atoms with van der Waals surface area (Å²) in [6, 6.07) is 4.69. The van der Waals surface area contributed by atoms with Crippen LogP contribution in [0.15, 0.2) is 22.7 Å². The summed E-state index contributed by atoms with van der Waals surface area (Å²) in [5.41, 5.74) is 0.800. The third kappa shape index (κ3) is 5.61. The van der Waals surface area contributed by atoms with E-state index < -0.39 is 6.10 Å². The smallest absolute Gasteiger partial charge is 0.124 e. The van der Waals surface area contributed by atoms with Crippen molar-refractivity contribution in [2.45, 2.75) is 25.9 Å².